The van der Waals surface area contributed by atoms with Gasteiger partial charge in [-0.3, -0.25) is 0 Å². The van der Waals surface area contributed by atoms with Crippen molar-refractivity contribution in [2.75, 3.05) is 5.32 Å². The molecule has 1 N–H and O–H groups in total. The number of nitriles is 1. The molecule has 3 nitrogen and oxygen atoms in total. The van der Waals surface area contributed by atoms with Gasteiger partial charge in [0.25, 0.3) is 0 Å². The number of fused-ring (bicyclic) bond motifs is 1. The van der Waals surface area contributed by atoms with E-state index in [-0.39, 0.29) is 0 Å². The summed E-state index contributed by atoms with van der Waals surface area (Å²) in [6.07, 6.45) is 0. The van der Waals surface area contributed by atoms with Crippen LogP contribution in [-0.4, -0.2) is 4.98 Å². The van der Waals surface area contributed by atoms with Gasteiger partial charge >= 0.3 is 0 Å². The molecule has 0 unspecified atom stereocenters. The summed E-state index contributed by atoms with van der Waals surface area (Å²) in [7, 11) is 0. The second kappa shape index (κ2) is 5.43. The molecule has 0 saturated heterocycles. The predicted octanol–water partition coefficient (Wildman–Crippen LogP) is 4.81. The average molecular weight is 294 g/mol. The molecule has 4 heteroatoms. The fourth-order valence-corrected chi connectivity index (χ4v) is 2.28. The van der Waals surface area contributed by atoms with Gasteiger partial charge in [0.1, 0.15) is 11.9 Å². The zero-order valence-corrected chi connectivity index (χ0v) is 12.1. The Morgan fingerprint density at radius 3 is 2.71 bits per heavy atom. The molecule has 0 fully saturated rings. The molecule has 102 valence electrons. The molecule has 0 spiro atoms. The summed E-state index contributed by atoms with van der Waals surface area (Å²) >= 11 is 6.12. The molecule has 21 heavy (non-hydrogen) atoms. The molecule has 1 heterocycles. The third kappa shape index (κ3) is 2.67. The molecule has 0 bridgehead atoms. The van der Waals surface area contributed by atoms with Crippen molar-refractivity contribution in [3.63, 3.8) is 0 Å². The molecule has 0 aliphatic rings. The highest BCUT2D eigenvalue weighted by atomic mass is 35.5. The molecule has 0 saturated carbocycles. The number of nitrogens with zero attached hydrogens (tertiary/aromatic N) is 2. The molecule has 1 aromatic heterocycles. The van der Waals surface area contributed by atoms with Gasteiger partial charge in [0.2, 0.25) is 0 Å². The Bertz CT molecular complexity index is 866. The first-order valence-electron chi connectivity index (χ1n) is 6.50. The molecular weight excluding hydrogens is 282 g/mol. The second-order valence-electron chi connectivity index (χ2n) is 4.78. The number of para-hydroxylation sites is 1. The molecule has 0 atom stereocenters. The van der Waals surface area contributed by atoms with E-state index in [4.69, 9.17) is 11.6 Å². The van der Waals surface area contributed by atoms with Gasteiger partial charge in [0.05, 0.1) is 11.1 Å². The molecule has 0 amide bonds. The predicted molar refractivity (Wildman–Crippen MR) is 85.9 cm³/mol. The molecule has 3 aromatic rings. The van der Waals surface area contributed by atoms with Crippen molar-refractivity contribution in [1.82, 2.24) is 4.98 Å². The minimum atomic E-state index is 0.505. The van der Waals surface area contributed by atoms with Crippen LogP contribution in [-0.2, 0) is 0 Å². The first-order chi connectivity index (χ1) is 10.2. The van der Waals surface area contributed by atoms with Gasteiger partial charge in [-0.15, -0.1) is 0 Å². The quantitative estimate of drug-likeness (QED) is 0.737. The van der Waals surface area contributed by atoms with Gasteiger partial charge < -0.3 is 5.32 Å². The van der Waals surface area contributed by atoms with Crippen LogP contribution in [0.2, 0.25) is 5.02 Å². The van der Waals surface area contributed by atoms with Crippen LogP contribution in [0.25, 0.3) is 10.9 Å². The number of rotatable bonds is 2. The van der Waals surface area contributed by atoms with Crippen molar-refractivity contribution in [2.24, 2.45) is 0 Å². The van der Waals surface area contributed by atoms with E-state index in [1.54, 1.807) is 0 Å². The maximum absolute atomic E-state index is 9.30. The first-order valence-corrected chi connectivity index (χ1v) is 6.88. The zero-order valence-electron chi connectivity index (χ0n) is 11.4. The average Bonchev–Trinajstić information content (AvgIpc) is 2.50. The van der Waals surface area contributed by atoms with Crippen molar-refractivity contribution in [1.29, 1.82) is 5.26 Å². The van der Waals surface area contributed by atoms with Crippen LogP contribution >= 0.6 is 11.6 Å². The fourth-order valence-electron chi connectivity index (χ4n) is 2.10. The Morgan fingerprint density at radius 2 is 1.95 bits per heavy atom. The van der Waals surface area contributed by atoms with E-state index in [9.17, 15) is 5.26 Å². The Morgan fingerprint density at radius 1 is 1.14 bits per heavy atom. The van der Waals surface area contributed by atoms with Crippen LogP contribution in [0, 0.1) is 18.3 Å². The van der Waals surface area contributed by atoms with E-state index in [1.807, 2.05) is 55.5 Å². The Hall–Kier alpha value is -2.57. The molecule has 0 aliphatic heterocycles. The second-order valence-corrected chi connectivity index (χ2v) is 5.19. The Balaban J connectivity index is 2.06. The summed E-state index contributed by atoms with van der Waals surface area (Å²) in [4.78, 5) is 4.52. The summed E-state index contributed by atoms with van der Waals surface area (Å²) in [5.74, 6) is 0.538. The first kappa shape index (κ1) is 13.4. The van der Waals surface area contributed by atoms with Crippen molar-refractivity contribution in [3.8, 4) is 6.07 Å². The van der Waals surface area contributed by atoms with Crippen LogP contribution < -0.4 is 5.32 Å². The standard InChI is InChI=1S/C17H12ClN3/c1-11-6-7-14(9-15(11)18)20-17-13(10-19)8-12-4-2-3-5-16(12)21-17/h2-9H,1H3,(H,20,21). The largest absolute Gasteiger partial charge is 0.339 e. The van der Waals surface area contributed by atoms with Crippen molar-refractivity contribution in [2.45, 2.75) is 6.92 Å². The van der Waals surface area contributed by atoms with Crippen LogP contribution in [0.3, 0.4) is 0 Å². The van der Waals surface area contributed by atoms with E-state index in [0.717, 1.165) is 22.2 Å². The lowest BCUT2D eigenvalue weighted by atomic mass is 10.1. The third-order valence-corrected chi connectivity index (χ3v) is 3.69. The number of benzene rings is 2. The van der Waals surface area contributed by atoms with E-state index in [2.05, 4.69) is 16.4 Å². The third-order valence-electron chi connectivity index (χ3n) is 3.28. The van der Waals surface area contributed by atoms with Gasteiger partial charge in [-0.1, -0.05) is 35.9 Å². The number of pyridine rings is 1. The lowest BCUT2D eigenvalue weighted by molar-refractivity contribution is 1.34. The van der Waals surface area contributed by atoms with E-state index >= 15 is 0 Å². The minimum absolute atomic E-state index is 0.505. The molecule has 2 aromatic carbocycles. The van der Waals surface area contributed by atoms with Gasteiger partial charge in [0, 0.05) is 16.1 Å². The highest BCUT2D eigenvalue weighted by Gasteiger charge is 2.07. The fraction of sp³-hybridized carbons (Fsp3) is 0.0588. The SMILES string of the molecule is Cc1ccc(Nc2nc3ccccc3cc2C#N)cc1Cl. The number of hydrogen-bond acceptors (Lipinski definition) is 3. The van der Waals surface area contributed by atoms with Crippen LogP contribution in [0.5, 0.6) is 0 Å². The van der Waals surface area contributed by atoms with Crippen molar-refractivity contribution < 1.29 is 0 Å². The number of hydrogen-bond donors (Lipinski definition) is 1. The topological polar surface area (TPSA) is 48.7 Å². The van der Waals surface area contributed by atoms with Gasteiger partial charge in [-0.25, -0.2) is 4.98 Å². The van der Waals surface area contributed by atoms with E-state index < -0.39 is 0 Å². The lowest BCUT2D eigenvalue weighted by Gasteiger charge is -2.10. The molecule has 3 rings (SSSR count). The summed E-state index contributed by atoms with van der Waals surface area (Å²) in [6, 6.07) is 17.4. The van der Waals surface area contributed by atoms with Crippen molar-refractivity contribution >= 4 is 34.0 Å². The van der Waals surface area contributed by atoms with E-state index in [0.29, 0.717) is 16.4 Å². The summed E-state index contributed by atoms with van der Waals surface area (Å²) in [6.45, 7) is 1.95. The maximum Gasteiger partial charge on any atom is 0.149 e. The Kier molecular flexibility index (Phi) is 3.47. The van der Waals surface area contributed by atoms with Crippen molar-refractivity contribution in [3.05, 3.63) is 64.7 Å². The lowest BCUT2D eigenvalue weighted by Crippen LogP contribution is -1.98. The molecular formula is C17H12ClN3. The highest BCUT2D eigenvalue weighted by Crippen LogP contribution is 2.26. The summed E-state index contributed by atoms with van der Waals surface area (Å²) < 4.78 is 0. The number of aryl methyl sites for hydroxylation is 1. The summed E-state index contributed by atoms with van der Waals surface area (Å²) in [5.41, 5.74) is 3.17. The maximum atomic E-state index is 9.30. The normalized spacial score (nSPS) is 10.3. The number of aromatic nitrogens is 1. The van der Waals surface area contributed by atoms with Gasteiger partial charge in [-0.05, 0) is 36.8 Å². The summed E-state index contributed by atoms with van der Waals surface area (Å²) in [5, 5.41) is 14.1. The van der Waals surface area contributed by atoms with Crippen LogP contribution in [0.15, 0.2) is 48.5 Å². The number of nitrogens with one attached hydrogen (secondary N) is 1. The van der Waals surface area contributed by atoms with Gasteiger partial charge in [0.15, 0.2) is 0 Å². The van der Waals surface area contributed by atoms with Crippen LogP contribution in [0.4, 0.5) is 11.5 Å². The van der Waals surface area contributed by atoms with E-state index in [1.165, 1.54) is 0 Å². The smallest absolute Gasteiger partial charge is 0.149 e. The molecule has 0 radical (unpaired) electrons. The zero-order chi connectivity index (χ0) is 14.8. The minimum Gasteiger partial charge on any atom is -0.339 e. The Labute approximate surface area is 127 Å². The van der Waals surface area contributed by atoms with Crippen LogP contribution in [0.1, 0.15) is 11.1 Å². The monoisotopic (exact) mass is 293 g/mol. The molecule has 0 aliphatic carbocycles. The number of halogens is 1. The highest BCUT2D eigenvalue weighted by molar-refractivity contribution is 6.31. The number of anilines is 2. The van der Waals surface area contributed by atoms with Gasteiger partial charge in [-0.2, -0.15) is 5.26 Å².